The summed E-state index contributed by atoms with van der Waals surface area (Å²) in [6, 6.07) is -1.07. The van der Waals surface area contributed by atoms with Gasteiger partial charge in [-0.1, -0.05) is 0 Å². The number of aliphatic hydroxyl groups is 1. The Balaban J connectivity index is 3.03. The fourth-order valence-corrected chi connectivity index (χ4v) is 0.885. The van der Waals surface area contributed by atoms with Crippen molar-refractivity contribution in [2.45, 2.75) is 12.3 Å². The van der Waals surface area contributed by atoms with Crippen LogP contribution in [0.15, 0.2) is 12.5 Å². The molecule has 0 aliphatic carbocycles. The normalized spacial score (nSPS) is 14.5. The van der Waals surface area contributed by atoms with Gasteiger partial charge in [0.1, 0.15) is 6.33 Å². The van der Waals surface area contributed by atoms with E-state index in [4.69, 9.17) is 10.8 Å². The van der Waals surface area contributed by atoms with Crippen LogP contribution in [0.25, 0.3) is 0 Å². The Bertz CT molecular complexity index is 283. The Morgan fingerprint density at radius 1 is 1.62 bits per heavy atom. The average molecular weight is 195 g/mol. The van der Waals surface area contributed by atoms with E-state index in [0.29, 0.717) is 6.33 Å². The fraction of sp³-hybridized carbons (Fsp3) is 0.500. The molecule has 1 aromatic heterocycles. The minimum atomic E-state index is -4.54. The molecule has 0 saturated carbocycles. The first-order valence-electron chi connectivity index (χ1n) is 3.42. The molecule has 13 heavy (non-hydrogen) atoms. The summed E-state index contributed by atoms with van der Waals surface area (Å²) in [7, 11) is 0. The van der Waals surface area contributed by atoms with Crippen LogP contribution in [0.2, 0.25) is 0 Å². The first-order chi connectivity index (χ1) is 5.96. The highest BCUT2D eigenvalue weighted by atomic mass is 19.4. The van der Waals surface area contributed by atoms with Crippen LogP contribution in [-0.2, 0) is 6.30 Å². The Morgan fingerprint density at radius 2 is 2.23 bits per heavy atom. The van der Waals surface area contributed by atoms with Gasteiger partial charge in [0, 0.05) is 0 Å². The molecule has 3 N–H and O–H groups in total. The summed E-state index contributed by atoms with van der Waals surface area (Å²) in [6.45, 7) is -0.554. The molecule has 0 aliphatic heterocycles. The summed E-state index contributed by atoms with van der Waals surface area (Å²) in [5.74, 6) is 0. The summed E-state index contributed by atoms with van der Waals surface area (Å²) in [6.07, 6.45) is -2.95. The minimum Gasteiger partial charge on any atom is -0.394 e. The Hall–Kier alpha value is -1.08. The first kappa shape index (κ1) is 10.0. The molecular formula is C6H8F3N3O. The molecule has 1 aromatic rings. The van der Waals surface area contributed by atoms with Crippen LogP contribution < -0.4 is 5.73 Å². The molecule has 0 aromatic carbocycles. The van der Waals surface area contributed by atoms with Crippen molar-refractivity contribution in [2.75, 3.05) is 6.61 Å². The number of nitrogens with two attached hydrogens (primary N) is 1. The lowest BCUT2D eigenvalue weighted by Gasteiger charge is -2.14. The van der Waals surface area contributed by atoms with Gasteiger partial charge in [-0.2, -0.15) is 0 Å². The number of alkyl halides is 3. The molecule has 0 fully saturated rings. The van der Waals surface area contributed by atoms with Gasteiger partial charge in [-0.05, 0) is 0 Å². The van der Waals surface area contributed by atoms with Gasteiger partial charge in [-0.3, -0.25) is 0 Å². The van der Waals surface area contributed by atoms with Gasteiger partial charge in [-0.25, -0.2) is 9.55 Å². The number of hydrogen-bond acceptors (Lipinski definition) is 3. The van der Waals surface area contributed by atoms with E-state index in [1.165, 1.54) is 0 Å². The van der Waals surface area contributed by atoms with Crippen molar-refractivity contribution in [3.05, 3.63) is 18.2 Å². The summed E-state index contributed by atoms with van der Waals surface area (Å²) in [5, 5.41) is 8.56. The number of aromatic nitrogens is 2. The second-order valence-corrected chi connectivity index (χ2v) is 2.45. The molecule has 0 spiro atoms. The van der Waals surface area contributed by atoms with E-state index in [0.717, 1.165) is 6.20 Å². The smallest absolute Gasteiger partial charge is 0.394 e. The maximum atomic E-state index is 12.2. The third kappa shape index (κ3) is 1.99. The maximum Gasteiger partial charge on any atom is 0.489 e. The molecule has 74 valence electrons. The monoisotopic (exact) mass is 195 g/mol. The zero-order chi connectivity index (χ0) is 10.1. The van der Waals surface area contributed by atoms with Gasteiger partial charge < -0.3 is 10.8 Å². The van der Waals surface area contributed by atoms with Crippen molar-refractivity contribution in [1.82, 2.24) is 9.55 Å². The highest BCUT2D eigenvalue weighted by Gasteiger charge is 2.33. The zero-order valence-corrected chi connectivity index (χ0v) is 6.49. The van der Waals surface area contributed by atoms with Gasteiger partial charge in [0.05, 0.1) is 24.5 Å². The lowest BCUT2D eigenvalue weighted by atomic mass is 10.2. The summed E-state index contributed by atoms with van der Waals surface area (Å²) in [5.41, 5.74) is 4.97. The van der Waals surface area contributed by atoms with Crippen LogP contribution in [0.5, 0.6) is 0 Å². The molecule has 0 amide bonds. The molecule has 7 heteroatoms. The van der Waals surface area contributed by atoms with Crippen molar-refractivity contribution in [1.29, 1.82) is 0 Å². The number of nitrogens with zero attached hydrogens (tertiary/aromatic N) is 2. The molecule has 1 heterocycles. The Labute approximate surface area is 71.8 Å². The van der Waals surface area contributed by atoms with E-state index in [1.807, 2.05) is 0 Å². The highest BCUT2D eigenvalue weighted by Crippen LogP contribution is 2.25. The molecule has 0 saturated heterocycles. The van der Waals surface area contributed by atoms with Crippen molar-refractivity contribution in [3.63, 3.8) is 0 Å². The van der Waals surface area contributed by atoms with E-state index < -0.39 is 18.9 Å². The summed E-state index contributed by atoms with van der Waals surface area (Å²) in [4.78, 5) is 3.31. The quantitative estimate of drug-likeness (QED) is 0.715. The topological polar surface area (TPSA) is 64.1 Å². The highest BCUT2D eigenvalue weighted by molar-refractivity contribution is 5.05. The Morgan fingerprint density at radius 3 is 2.69 bits per heavy atom. The van der Waals surface area contributed by atoms with Gasteiger partial charge >= 0.3 is 6.30 Å². The molecule has 0 aliphatic rings. The number of halogens is 3. The molecule has 1 rings (SSSR count). The lowest BCUT2D eigenvalue weighted by molar-refractivity contribution is -0.205. The van der Waals surface area contributed by atoms with Gasteiger partial charge in [0.2, 0.25) is 0 Å². The largest absolute Gasteiger partial charge is 0.489 e. The maximum absolute atomic E-state index is 12.2. The zero-order valence-electron chi connectivity index (χ0n) is 6.49. The molecule has 1 unspecified atom stereocenters. The number of aliphatic hydroxyl groups excluding tert-OH is 1. The van der Waals surface area contributed by atoms with E-state index in [-0.39, 0.29) is 10.3 Å². The Kier molecular flexibility index (Phi) is 2.58. The van der Waals surface area contributed by atoms with Crippen molar-refractivity contribution in [3.8, 4) is 0 Å². The van der Waals surface area contributed by atoms with Crippen LogP contribution in [0.1, 0.15) is 11.7 Å². The fourth-order valence-electron chi connectivity index (χ4n) is 0.885. The van der Waals surface area contributed by atoms with Crippen LogP contribution in [0.3, 0.4) is 0 Å². The van der Waals surface area contributed by atoms with Crippen LogP contribution in [0, 0.1) is 0 Å². The number of rotatable bonds is 2. The van der Waals surface area contributed by atoms with Crippen molar-refractivity contribution >= 4 is 0 Å². The van der Waals surface area contributed by atoms with E-state index in [9.17, 15) is 13.2 Å². The summed E-state index contributed by atoms with van der Waals surface area (Å²) >= 11 is 0. The summed E-state index contributed by atoms with van der Waals surface area (Å²) < 4.78 is 36.5. The third-order valence-electron chi connectivity index (χ3n) is 1.52. The van der Waals surface area contributed by atoms with Crippen LogP contribution in [-0.4, -0.2) is 21.3 Å². The van der Waals surface area contributed by atoms with Crippen LogP contribution >= 0.6 is 0 Å². The molecule has 4 nitrogen and oxygen atoms in total. The van der Waals surface area contributed by atoms with E-state index in [2.05, 4.69) is 4.98 Å². The number of hydrogen-bond donors (Lipinski definition) is 2. The van der Waals surface area contributed by atoms with Crippen LogP contribution in [0.4, 0.5) is 13.2 Å². The van der Waals surface area contributed by atoms with E-state index in [1.54, 1.807) is 0 Å². The molecule has 0 bridgehead atoms. The SMILES string of the molecule is NC(CO)c1cncn1C(F)(F)F. The first-order valence-corrected chi connectivity index (χ1v) is 3.42. The minimum absolute atomic E-state index is 0.0200. The number of imidazole rings is 1. The molecule has 1 atom stereocenters. The second kappa shape index (κ2) is 3.35. The van der Waals surface area contributed by atoms with Gasteiger partial charge in [0.15, 0.2) is 0 Å². The second-order valence-electron chi connectivity index (χ2n) is 2.45. The van der Waals surface area contributed by atoms with E-state index >= 15 is 0 Å². The lowest BCUT2D eigenvalue weighted by Crippen LogP contribution is -2.25. The average Bonchev–Trinajstić information content (AvgIpc) is 2.49. The van der Waals surface area contributed by atoms with Gasteiger partial charge in [0.25, 0.3) is 0 Å². The molecular weight excluding hydrogens is 187 g/mol. The van der Waals surface area contributed by atoms with Crippen molar-refractivity contribution in [2.24, 2.45) is 5.73 Å². The van der Waals surface area contributed by atoms with Gasteiger partial charge in [-0.15, -0.1) is 13.2 Å². The molecule has 0 radical (unpaired) electrons. The predicted octanol–water partition coefficient (Wildman–Crippen LogP) is 0.351. The van der Waals surface area contributed by atoms with Crippen molar-refractivity contribution < 1.29 is 18.3 Å². The standard InChI is InChI=1S/C6H8F3N3O/c7-6(8,9)12-3-11-1-5(12)4(10)2-13/h1,3-4,13H,2,10H2. The predicted molar refractivity (Wildman–Crippen MR) is 37.5 cm³/mol. The third-order valence-corrected chi connectivity index (χ3v) is 1.52.